The fourth-order valence-electron chi connectivity index (χ4n) is 6.74. The summed E-state index contributed by atoms with van der Waals surface area (Å²) >= 11 is 0. The highest BCUT2D eigenvalue weighted by Crippen LogP contribution is 2.34. The molecule has 0 N–H and O–H groups in total. The summed E-state index contributed by atoms with van der Waals surface area (Å²) in [7, 11) is 0. The largest absolute Gasteiger partial charge is 0.256 e. The molecular weight excluding hydrogens is 611 g/mol. The molecule has 9 aromatic rings. The van der Waals surface area contributed by atoms with E-state index in [4.69, 9.17) is 24.9 Å². The van der Waals surface area contributed by atoms with Crippen LogP contribution in [0.25, 0.3) is 89.0 Å². The molecule has 50 heavy (non-hydrogen) atoms. The lowest BCUT2D eigenvalue weighted by Crippen LogP contribution is -1.96. The Labute approximate surface area is 290 Å². The fraction of sp³-hybridized carbons (Fsp3) is 0.0444. The highest BCUT2D eigenvalue weighted by Gasteiger charge is 2.14. The number of benzene rings is 5. The number of hydrogen-bond donors (Lipinski definition) is 0. The van der Waals surface area contributed by atoms with E-state index in [1.54, 1.807) is 0 Å². The summed E-state index contributed by atoms with van der Waals surface area (Å²) in [4.78, 5) is 24.9. The van der Waals surface area contributed by atoms with Gasteiger partial charge in [0, 0.05) is 55.9 Å². The predicted molar refractivity (Wildman–Crippen MR) is 205 cm³/mol. The first-order valence-electron chi connectivity index (χ1n) is 16.7. The van der Waals surface area contributed by atoms with Crippen LogP contribution in [0.4, 0.5) is 0 Å². The third kappa shape index (κ3) is 5.35. The van der Waals surface area contributed by atoms with Crippen LogP contribution in [0, 0.1) is 13.8 Å². The molecule has 5 aromatic carbocycles. The fourth-order valence-corrected chi connectivity index (χ4v) is 6.74. The van der Waals surface area contributed by atoms with Gasteiger partial charge in [-0.05, 0) is 55.3 Å². The number of nitrogens with zero attached hydrogens (tertiary/aromatic N) is 5. The first kappa shape index (κ1) is 29.5. The Morgan fingerprint density at radius 2 is 1.06 bits per heavy atom. The Morgan fingerprint density at radius 1 is 0.400 bits per heavy atom. The van der Waals surface area contributed by atoms with Crippen LogP contribution in [0.3, 0.4) is 0 Å². The molecule has 236 valence electrons. The Kier molecular flexibility index (Phi) is 7.17. The lowest BCUT2D eigenvalue weighted by Gasteiger charge is -2.12. The Morgan fingerprint density at radius 3 is 1.88 bits per heavy atom. The second kappa shape index (κ2) is 12.1. The zero-order valence-corrected chi connectivity index (χ0v) is 27.7. The van der Waals surface area contributed by atoms with Crippen LogP contribution in [0.15, 0.2) is 152 Å². The number of fused-ring (bicyclic) bond motifs is 4. The van der Waals surface area contributed by atoms with E-state index in [1.165, 1.54) is 5.56 Å². The summed E-state index contributed by atoms with van der Waals surface area (Å²) in [6.07, 6.45) is 1.85. The molecule has 5 heteroatoms. The maximum Gasteiger partial charge on any atom is 0.160 e. The van der Waals surface area contributed by atoms with Gasteiger partial charge in [0.15, 0.2) is 5.82 Å². The van der Waals surface area contributed by atoms with Crippen LogP contribution in [0.1, 0.15) is 11.3 Å². The number of hydrogen-bond acceptors (Lipinski definition) is 5. The minimum atomic E-state index is 0.681. The van der Waals surface area contributed by atoms with Crippen molar-refractivity contribution in [3.63, 3.8) is 0 Å². The van der Waals surface area contributed by atoms with Crippen molar-refractivity contribution in [1.82, 2.24) is 24.9 Å². The van der Waals surface area contributed by atoms with Crippen LogP contribution >= 0.6 is 0 Å². The first-order valence-corrected chi connectivity index (χ1v) is 16.7. The number of aromatic nitrogens is 5. The van der Waals surface area contributed by atoms with Crippen molar-refractivity contribution in [3.8, 4) is 56.3 Å². The van der Waals surface area contributed by atoms with Crippen molar-refractivity contribution < 1.29 is 0 Å². The van der Waals surface area contributed by atoms with Gasteiger partial charge in [0.25, 0.3) is 0 Å². The van der Waals surface area contributed by atoms with Gasteiger partial charge < -0.3 is 0 Å². The van der Waals surface area contributed by atoms with Crippen molar-refractivity contribution in [2.75, 3.05) is 0 Å². The number of para-hydroxylation sites is 1. The van der Waals surface area contributed by atoms with E-state index < -0.39 is 0 Å². The summed E-state index contributed by atoms with van der Waals surface area (Å²) in [5.74, 6) is 0.681. The van der Waals surface area contributed by atoms with Crippen molar-refractivity contribution >= 4 is 32.7 Å². The molecular formula is C45H31N5. The van der Waals surface area contributed by atoms with Gasteiger partial charge in [-0.1, -0.05) is 115 Å². The van der Waals surface area contributed by atoms with Gasteiger partial charge in [-0.15, -0.1) is 0 Å². The topological polar surface area (TPSA) is 64.5 Å². The van der Waals surface area contributed by atoms with Crippen LogP contribution in [-0.4, -0.2) is 24.9 Å². The van der Waals surface area contributed by atoms with Crippen LogP contribution in [-0.2, 0) is 0 Å². The molecule has 0 saturated carbocycles. The SMILES string of the molecule is Cc1ccc2ccc3c(C)cc(-c4ccc(-c5cc(-c6cccc(-c7cccc8cccnc78)c6)nc(-c6ccccc6)n5)cc4)nc3c2n1. The van der Waals surface area contributed by atoms with Crippen molar-refractivity contribution in [2.45, 2.75) is 13.8 Å². The quantitative estimate of drug-likeness (QED) is 0.175. The van der Waals surface area contributed by atoms with Gasteiger partial charge >= 0.3 is 0 Å². The van der Waals surface area contributed by atoms with Crippen molar-refractivity contribution in [3.05, 3.63) is 163 Å². The van der Waals surface area contributed by atoms with E-state index in [2.05, 4.69) is 122 Å². The van der Waals surface area contributed by atoms with Gasteiger partial charge in [0.1, 0.15) is 0 Å². The van der Waals surface area contributed by atoms with Crippen molar-refractivity contribution in [1.29, 1.82) is 0 Å². The minimum absolute atomic E-state index is 0.681. The molecule has 9 rings (SSSR count). The van der Waals surface area contributed by atoms with Gasteiger partial charge in [-0.2, -0.15) is 0 Å². The minimum Gasteiger partial charge on any atom is -0.256 e. The molecule has 0 fully saturated rings. The summed E-state index contributed by atoms with van der Waals surface area (Å²) in [5.41, 5.74) is 13.8. The molecule has 0 aliphatic rings. The maximum atomic E-state index is 5.15. The Hall–Kier alpha value is -6.59. The van der Waals surface area contributed by atoms with E-state index in [1.807, 2.05) is 43.5 Å². The maximum absolute atomic E-state index is 5.15. The van der Waals surface area contributed by atoms with E-state index in [9.17, 15) is 0 Å². The van der Waals surface area contributed by atoms with E-state index in [0.717, 1.165) is 88.9 Å². The summed E-state index contributed by atoms with van der Waals surface area (Å²) in [5, 5.41) is 3.33. The van der Waals surface area contributed by atoms with E-state index >= 15 is 0 Å². The number of rotatable bonds is 5. The average molecular weight is 642 g/mol. The molecule has 4 heterocycles. The molecule has 0 aliphatic carbocycles. The van der Waals surface area contributed by atoms with Gasteiger partial charge in [0.2, 0.25) is 0 Å². The lowest BCUT2D eigenvalue weighted by atomic mass is 9.98. The molecule has 0 aliphatic heterocycles. The second-order valence-corrected chi connectivity index (χ2v) is 12.7. The number of aryl methyl sites for hydroxylation is 2. The smallest absolute Gasteiger partial charge is 0.160 e. The second-order valence-electron chi connectivity index (χ2n) is 12.7. The van der Waals surface area contributed by atoms with Gasteiger partial charge in [-0.3, -0.25) is 9.97 Å². The van der Waals surface area contributed by atoms with E-state index in [0.29, 0.717) is 5.82 Å². The molecule has 0 bridgehead atoms. The molecule has 0 saturated heterocycles. The summed E-state index contributed by atoms with van der Waals surface area (Å²) in [6, 6.07) is 50.3. The standard InChI is InChI=1S/C45H31N5/c1-28-25-39(48-44-37(28)23-22-33-17-16-29(2)47-43(33)44)30-18-20-31(21-19-30)40-27-41(50-45(49-40)34-9-4-3-5-10-34)36-13-6-12-35(26-36)38-15-7-11-32-14-8-24-46-42(32)38/h3-27H,1-2H3. The molecule has 5 nitrogen and oxygen atoms in total. The summed E-state index contributed by atoms with van der Waals surface area (Å²) in [6.45, 7) is 4.16. The Bertz CT molecular complexity index is 2710. The molecule has 4 aromatic heterocycles. The monoisotopic (exact) mass is 641 g/mol. The normalized spacial score (nSPS) is 11.4. The summed E-state index contributed by atoms with van der Waals surface area (Å²) < 4.78 is 0. The molecule has 0 amide bonds. The third-order valence-electron chi connectivity index (χ3n) is 9.32. The highest BCUT2D eigenvalue weighted by molar-refractivity contribution is 6.04. The molecule has 0 unspecified atom stereocenters. The zero-order valence-electron chi connectivity index (χ0n) is 27.7. The van der Waals surface area contributed by atoms with Gasteiger partial charge in [0.05, 0.1) is 33.6 Å². The molecule has 0 radical (unpaired) electrons. The van der Waals surface area contributed by atoms with Gasteiger partial charge in [-0.25, -0.2) is 15.0 Å². The average Bonchev–Trinajstić information content (AvgIpc) is 3.18. The molecule has 0 spiro atoms. The highest BCUT2D eigenvalue weighted by atomic mass is 14.9. The number of pyridine rings is 3. The van der Waals surface area contributed by atoms with Crippen LogP contribution in [0.2, 0.25) is 0 Å². The zero-order chi connectivity index (χ0) is 33.6. The van der Waals surface area contributed by atoms with Crippen molar-refractivity contribution in [2.24, 2.45) is 0 Å². The predicted octanol–water partition coefficient (Wildman–Crippen LogP) is 11.1. The van der Waals surface area contributed by atoms with Crippen LogP contribution < -0.4 is 0 Å². The Balaban J connectivity index is 1.14. The first-order chi connectivity index (χ1) is 24.6. The molecule has 0 atom stereocenters. The van der Waals surface area contributed by atoms with E-state index in [-0.39, 0.29) is 0 Å². The van der Waals surface area contributed by atoms with Crippen LogP contribution in [0.5, 0.6) is 0 Å². The lowest BCUT2D eigenvalue weighted by molar-refractivity contribution is 1.18. The third-order valence-corrected chi connectivity index (χ3v) is 9.32.